The van der Waals surface area contributed by atoms with Gasteiger partial charge in [0.1, 0.15) is 6.61 Å². The van der Waals surface area contributed by atoms with E-state index in [1.807, 2.05) is 13.0 Å². The van der Waals surface area contributed by atoms with Gasteiger partial charge in [-0.15, -0.1) is 11.3 Å². The van der Waals surface area contributed by atoms with Crippen molar-refractivity contribution in [2.45, 2.75) is 25.3 Å². The molecule has 1 rings (SSSR count). The van der Waals surface area contributed by atoms with Crippen LogP contribution >= 0.6 is 11.3 Å². The molecule has 3 nitrogen and oxygen atoms in total. The predicted molar refractivity (Wildman–Crippen MR) is 60.9 cm³/mol. The molecule has 1 aromatic rings. The Morgan fingerprint density at radius 3 is 2.61 bits per heavy atom. The minimum atomic E-state index is -4.14. The molecule has 0 aliphatic carbocycles. The van der Waals surface area contributed by atoms with Gasteiger partial charge < -0.3 is 4.74 Å². The van der Waals surface area contributed by atoms with Crippen molar-refractivity contribution < 1.29 is 22.3 Å². The van der Waals surface area contributed by atoms with Gasteiger partial charge in [0.25, 0.3) is 0 Å². The van der Waals surface area contributed by atoms with E-state index in [1.54, 1.807) is 5.38 Å². The number of hydrogen-bond acceptors (Lipinski definition) is 4. The zero-order valence-corrected chi connectivity index (χ0v) is 10.4. The summed E-state index contributed by atoms with van der Waals surface area (Å²) in [6.45, 7) is 0.356. The fourth-order valence-electron chi connectivity index (χ4n) is 1.26. The third-order valence-electron chi connectivity index (χ3n) is 2.25. The summed E-state index contributed by atoms with van der Waals surface area (Å²) in [5.74, 6) is 1.13. The van der Waals surface area contributed by atoms with Crippen LogP contribution in [0.3, 0.4) is 0 Å². The van der Waals surface area contributed by atoms with Crippen LogP contribution in [0, 0.1) is 6.92 Å². The molecule has 0 aliphatic heterocycles. The van der Waals surface area contributed by atoms with Crippen molar-refractivity contribution in [3.8, 4) is 0 Å². The van der Waals surface area contributed by atoms with Crippen LogP contribution < -0.4 is 11.3 Å². The number of hydrazine groups is 1. The number of alkyl halides is 4. The summed E-state index contributed by atoms with van der Waals surface area (Å²) in [5.41, 5.74) is 3.17. The second kappa shape index (κ2) is 6.46. The zero-order valence-electron chi connectivity index (χ0n) is 9.63. The Morgan fingerprint density at radius 1 is 1.50 bits per heavy atom. The Kier molecular flexibility index (Phi) is 5.51. The highest BCUT2D eigenvalue weighted by molar-refractivity contribution is 7.10. The highest BCUT2D eigenvalue weighted by Crippen LogP contribution is 2.24. The van der Waals surface area contributed by atoms with E-state index in [0.717, 1.165) is 10.4 Å². The van der Waals surface area contributed by atoms with Gasteiger partial charge in [0.05, 0.1) is 12.6 Å². The number of thiophene rings is 1. The Labute approximate surface area is 106 Å². The molecule has 0 saturated heterocycles. The molecule has 0 bridgehead atoms. The molecule has 0 amide bonds. The van der Waals surface area contributed by atoms with Crippen LogP contribution in [0.5, 0.6) is 0 Å². The van der Waals surface area contributed by atoms with Gasteiger partial charge in [0.2, 0.25) is 0 Å². The van der Waals surface area contributed by atoms with Crippen LogP contribution in [0.4, 0.5) is 17.6 Å². The third kappa shape index (κ3) is 4.20. The first kappa shape index (κ1) is 15.4. The first-order valence-corrected chi connectivity index (χ1v) is 5.99. The van der Waals surface area contributed by atoms with Gasteiger partial charge >= 0.3 is 12.3 Å². The van der Waals surface area contributed by atoms with E-state index < -0.39 is 25.0 Å². The van der Waals surface area contributed by atoms with Crippen molar-refractivity contribution in [2.75, 3.05) is 13.2 Å². The largest absolute Gasteiger partial charge is 0.373 e. The SMILES string of the molecule is Cc1cc(C(COCC(F)(F)C(F)F)NN)cs1. The third-order valence-corrected chi connectivity index (χ3v) is 3.13. The number of nitrogens with one attached hydrogen (secondary N) is 1. The van der Waals surface area contributed by atoms with Crippen LogP contribution in [0.15, 0.2) is 11.4 Å². The summed E-state index contributed by atoms with van der Waals surface area (Å²) in [5, 5.41) is 1.80. The molecule has 8 heteroatoms. The van der Waals surface area contributed by atoms with Gasteiger partial charge in [0, 0.05) is 4.88 Å². The maximum absolute atomic E-state index is 12.6. The van der Waals surface area contributed by atoms with Crippen LogP contribution in [-0.2, 0) is 4.74 Å². The molecule has 1 unspecified atom stereocenters. The summed E-state index contributed by atoms with van der Waals surface area (Å²) >= 11 is 1.47. The molecule has 0 aromatic carbocycles. The van der Waals surface area contributed by atoms with Crippen molar-refractivity contribution in [3.05, 3.63) is 21.9 Å². The number of nitrogens with two attached hydrogens (primary N) is 1. The molecule has 0 aliphatic rings. The van der Waals surface area contributed by atoms with Crippen molar-refractivity contribution in [2.24, 2.45) is 5.84 Å². The Balaban J connectivity index is 2.46. The van der Waals surface area contributed by atoms with E-state index in [2.05, 4.69) is 10.2 Å². The van der Waals surface area contributed by atoms with Gasteiger partial charge in [-0.25, -0.2) is 8.78 Å². The van der Waals surface area contributed by atoms with Crippen molar-refractivity contribution in [1.82, 2.24) is 5.43 Å². The van der Waals surface area contributed by atoms with Crippen LogP contribution in [0.2, 0.25) is 0 Å². The molecule has 3 N–H and O–H groups in total. The van der Waals surface area contributed by atoms with E-state index in [9.17, 15) is 17.6 Å². The summed E-state index contributed by atoms with van der Waals surface area (Å²) in [4.78, 5) is 1.03. The average Bonchev–Trinajstić information content (AvgIpc) is 2.71. The summed E-state index contributed by atoms with van der Waals surface area (Å²) in [7, 11) is 0. The second-order valence-electron chi connectivity index (χ2n) is 3.79. The molecular weight excluding hydrogens is 272 g/mol. The smallest absolute Gasteiger partial charge is 0.330 e. The first-order valence-electron chi connectivity index (χ1n) is 5.11. The van der Waals surface area contributed by atoms with E-state index in [0.29, 0.717) is 0 Å². The number of aryl methyl sites for hydroxylation is 1. The number of rotatable bonds is 7. The van der Waals surface area contributed by atoms with E-state index in [1.165, 1.54) is 11.3 Å². The maximum atomic E-state index is 12.6. The summed E-state index contributed by atoms with van der Waals surface area (Å²) in [6, 6.07) is 1.33. The lowest BCUT2D eigenvalue weighted by molar-refractivity contribution is -0.167. The highest BCUT2D eigenvalue weighted by Gasteiger charge is 2.41. The van der Waals surface area contributed by atoms with Crippen LogP contribution in [0.25, 0.3) is 0 Å². The Hall–Kier alpha value is -0.700. The van der Waals surface area contributed by atoms with Gasteiger partial charge in [-0.2, -0.15) is 8.78 Å². The molecule has 1 heterocycles. The van der Waals surface area contributed by atoms with E-state index in [-0.39, 0.29) is 6.61 Å². The van der Waals surface area contributed by atoms with Crippen LogP contribution in [0.1, 0.15) is 16.5 Å². The topological polar surface area (TPSA) is 47.3 Å². The van der Waals surface area contributed by atoms with Gasteiger partial charge in [-0.05, 0) is 23.9 Å². The first-order chi connectivity index (χ1) is 8.36. The molecule has 0 spiro atoms. The molecule has 0 radical (unpaired) electrons. The fourth-order valence-corrected chi connectivity index (χ4v) is 2.02. The molecule has 18 heavy (non-hydrogen) atoms. The fraction of sp³-hybridized carbons (Fsp3) is 0.600. The maximum Gasteiger partial charge on any atom is 0.330 e. The molecular formula is C10H14F4N2OS. The number of ether oxygens (including phenoxy) is 1. The number of halogens is 4. The molecule has 104 valence electrons. The monoisotopic (exact) mass is 286 g/mol. The van der Waals surface area contributed by atoms with Gasteiger partial charge in [0.15, 0.2) is 0 Å². The lowest BCUT2D eigenvalue weighted by Gasteiger charge is -2.18. The molecule has 0 saturated carbocycles. The summed E-state index contributed by atoms with van der Waals surface area (Å²) < 4.78 is 53.5. The minimum absolute atomic E-state index is 0.199. The Bertz CT molecular complexity index is 373. The predicted octanol–water partition coefficient (Wildman–Crippen LogP) is 2.48. The molecule has 1 atom stereocenters. The van der Waals surface area contributed by atoms with Gasteiger partial charge in [-0.3, -0.25) is 11.3 Å². The summed E-state index contributed by atoms with van der Waals surface area (Å²) in [6.07, 6.45) is -3.73. The van der Waals surface area contributed by atoms with Crippen molar-refractivity contribution in [3.63, 3.8) is 0 Å². The van der Waals surface area contributed by atoms with Gasteiger partial charge in [-0.1, -0.05) is 0 Å². The van der Waals surface area contributed by atoms with Crippen molar-refractivity contribution >= 4 is 11.3 Å². The molecule has 0 fully saturated rings. The number of hydrogen-bond donors (Lipinski definition) is 2. The quantitative estimate of drug-likeness (QED) is 0.460. The highest BCUT2D eigenvalue weighted by atomic mass is 32.1. The van der Waals surface area contributed by atoms with Crippen molar-refractivity contribution in [1.29, 1.82) is 0 Å². The van der Waals surface area contributed by atoms with Crippen LogP contribution in [-0.4, -0.2) is 25.6 Å². The lowest BCUT2D eigenvalue weighted by atomic mass is 10.1. The second-order valence-corrected chi connectivity index (χ2v) is 4.90. The minimum Gasteiger partial charge on any atom is -0.373 e. The standard InChI is InChI=1S/C10H14F4N2OS/c1-6-2-7(4-18-6)8(16-15)3-17-5-10(13,14)9(11)12/h2,4,8-9,16H,3,5,15H2,1H3. The lowest BCUT2D eigenvalue weighted by Crippen LogP contribution is -2.36. The molecule has 1 aromatic heterocycles. The van der Waals surface area contributed by atoms with E-state index >= 15 is 0 Å². The Morgan fingerprint density at radius 2 is 2.17 bits per heavy atom. The zero-order chi connectivity index (χ0) is 13.8. The van der Waals surface area contributed by atoms with E-state index in [4.69, 9.17) is 5.84 Å². The average molecular weight is 286 g/mol. The normalized spacial score (nSPS) is 14.2.